The van der Waals surface area contributed by atoms with Crippen LogP contribution in [-0.2, 0) is 11.8 Å². The van der Waals surface area contributed by atoms with E-state index >= 15 is 0 Å². The molecule has 2 aromatic heterocycles. The smallest absolute Gasteiger partial charge is 0.251 e. The second kappa shape index (κ2) is 7.71. The Labute approximate surface area is 158 Å². The van der Waals surface area contributed by atoms with Crippen LogP contribution in [0.5, 0.6) is 0 Å². The maximum atomic E-state index is 12.2. The molecular weight excluding hydrogens is 370 g/mol. The number of thioether (sulfide) groups is 1. The molecule has 0 saturated heterocycles. The molecule has 134 valence electrons. The number of hydrogen-bond acceptors (Lipinski definition) is 6. The van der Waals surface area contributed by atoms with Gasteiger partial charge in [0.05, 0.1) is 11.3 Å². The predicted octanol–water partition coefficient (Wildman–Crippen LogP) is 2.68. The first-order valence-electron chi connectivity index (χ1n) is 7.72. The highest BCUT2D eigenvalue weighted by Crippen LogP contribution is 2.25. The predicted molar refractivity (Wildman–Crippen MR) is 103 cm³/mol. The maximum Gasteiger partial charge on any atom is 0.251 e. The fourth-order valence-corrected chi connectivity index (χ4v) is 3.89. The standard InChI is InChI=1S/C17H17N5O2S2/c1-10-4-3-5-11(8-10)15-20-21-17(22(15)2)26-9-13(23)19-16-12(14(18)24)6-7-25-16/h3-8H,9H2,1-2H3,(H2,18,24)(H,19,23). The second-order valence-electron chi connectivity index (χ2n) is 5.60. The number of benzene rings is 1. The number of anilines is 1. The van der Waals surface area contributed by atoms with Gasteiger partial charge in [-0.1, -0.05) is 35.5 Å². The van der Waals surface area contributed by atoms with Gasteiger partial charge < -0.3 is 15.6 Å². The Hall–Kier alpha value is -2.65. The van der Waals surface area contributed by atoms with Gasteiger partial charge in [0.1, 0.15) is 5.00 Å². The first-order valence-corrected chi connectivity index (χ1v) is 9.58. The highest BCUT2D eigenvalue weighted by Gasteiger charge is 2.15. The number of carbonyl (C=O) groups excluding carboxylic acids is 2. The van der Waals surface area contributed by atoms with E-state index < -0.39 is 5.91 Å². The van der Waals surface area contributed by atoms with Crippen LogP contribution in [0.2, 0.25) is 0 Å². The summed E-state index contributed by atoms with van der Waals surface area (Å²) in [5.74, 6) is 0.0897. The highest BCUT2D eigenvalue weighted by atomic mass is 32.2. The lowest BCUT2D eigenvalue weighted by atomic mass is 10.1. The number of primary amides is 1. The van der Waals surface area contributed by atoms with Crippen molar-refractivity contribution in [3.8, 4) is 11.4 Å². The van der Waals surface area contributed by atoms with Crippen molar-refractivity contribution in [3.05, 3.63) is 46.8 Å². The minimum atomic E-state index is -0.565. The number of thiophene rings is 1. The van der Waals surface area contributed by atoms with E-state index in [2.05, 4.69) is 15.5 Å². The lowest BCUT2D eigenvalue weighted by Crippen LogP contribution is -2.18. The number of rotatable bonds is 6. The van der Waals surface area contributed by atoms with Gasteiger partial charge in [-0.25, -0.2) is 0 Å². The van der Waals surface area contributed by atoms with Crippen LogP contribution in [0.15, 0.2) is 40.9 Å². The summed E-state index contributed by atoms with van der Waals surface area (Å²) in [4.78, 5) is 23.5. The van der Waals surface area contributed by atoms with Crippen LogP contribution in [0.25, 0.3) is 11.4 Å². The van der Waals surface area contributed by atoms with Crippen molar-refractivity contribution in [3.63, 3.8) is 0 Å². The monoisotopic (exact) mass is 387 g/mol. The molecule has 2 heterocycles. The van der Waals surface area contributed by atoms with E-state index in [0.717, 1.165) is 17.0 Å². The third-order valence-electron chi connectivity index (χ3n) is 3.63. The van der Waals surface area contributed by atoms with E-state index in [1.54, 1.807) is 11.4 Å². The van der Waals surface area contributed by atoms with Crippen molar-refractivity contribution in [1.29, 1.82) is 0 Å². The molecule has 0 unspecified atom stereocenters. The molecule has 26 heavy (non-hydrogen) atoms. The fourth-order valence-electron chi connectivity index (χ4n) is 2.37. The summed E-state index contributed by atoms with van der Waals surface area (Å²) < 4.78 is 1.85. The van der Waals surface area contributed by atoms with Crippen LogP contribution in [-0.4, -0.2) is 32.3 Å². The lowest BCUT2D eigenvalue weighted by molar-refractivity contribution is -0.113. The topological polar surface area (TPSA) is 103 Å². The molecule has 2 amide bonds. The first-order chi connectivity index (χ1) is 12.5. The third-order valence-corrected chi connectivity index (χ3v) is 5.48. The van der Waals surface area contributed by atoms with E-state index in [-0.39, 0.29) is 11.7 Å². The van der Waals surface area contributed by atoms with Crippen molar-refractivity contribution in [2.24, 2.45) is 12.8 Å². The zero-order chi connectivity index (χ0) is 18.7. The quantitative estimate of drug-likeness (QED) is 0.633. The molecule has 0 aliphatic heterocycles. The number of nitrogens with two attached hydrogens (primary N) is 1. The van der Waals surface area contributed by atoms with Crippen molar-refractivity contribution < 1.29 is 9.59 Å². The molecule has 1 aromatic carbocycles. The molecule has 3 N–H and O–H groups in total. The SMILES string of the molecule is Cc1cccc(-c2nnc(SCC(=O)Nc3sccc3C(N)=O)n2C)c1. The van der Waals surface area contributed by atoms with Crippen molar-refractivity contribution in [1.82, 2.24) is 14.8 Å². The number of aryl methyl sites for hydroxylation is 1. The van der Waals surface area contributed by atoms with Gasteiger partial charge >= 0.3 is 0 Å². The van der Waals surface area contributed by atoms with Crippen molar-refractivity contribution in [2.75, 3.05) is 11.1 Å². The largest absolute Gasteiger partial charge is 0.366 e. The molecule has 7 nitrogen and oxygen atoms in total. The van der Waals surface area contributed by atoms with Gasteiger partial charge in [-0.3, -0.25) is 9.59 Å². The molecule has 3 aromatic rings. The molecule has 9 heteroatoms. The normalized spacial score (nSPS) is 10.7. The summed E-state index contributed by atoms with van der Waals surface area (Å²) in [5.41, 5.74) is 7.70. The lowest BCUT2D eigenvalue weighted by Gasteiger charge is -2.06. The molecule has 0 aliphatic rings. The molecule has 3 rings (SSSR count). The van der Waals surface area contributed by atoms with Gasteiger partial charge in [-0.05, 0) is 24.4 Å². The van der Waals surface area contributed by atoms with Gasteiger partial charge in [0, 0.05) is 12.6 Å². The van der Waals surface area contributed by atoms with Crippen LogP contribution in [0.1, 0.15) is 15.9 Å². The van der Waals surface area contributed by atoms with Crippen molar-refractivity contribution in [2.45, 2.75) is 12.1 Å². The fraction of sp³-hybridized carbons (Fsp3) is 0.176. The van der Waals surface area contributed by atoms with E-state index in [1.165, 1.54) is 23.1 Å². The second-order valence-corrected chi connectivity index (χ2v) is 7.46. The van der Waals surface area contributed by atoms with Gasteiger partial charge in [0.25, 0.3) is 5.91 Å². The van der Waals surface area contributed by atoms with Crippen LogP contribution < -0.4 is 11.1 Å². The number of hydrogen-bond donors (Lipinski definition) is 2. The van der Waals surface area contributed by atoms with E-state index in [0.29, 0.717) is 15.7 Å². The van der Waals surface area contributed by atoms with Crippen LogP contribution in [0, 0.1) is 6.92 Å². The molecule has 0 bridgehead atoms. The minimum absolute atomic E-state index is 0.149. The Morgan fingerprint density at radius 3 is 2.85 bits per heavy atom. The summed E-state index contributed by atoms with van der Waals surface area (Å²) in [7, 11) is 1.86. The number of nitrogens with zero attached hydrogens (tertiary/aromatic N) is 3. The summed E-state index contributed by atoms with van der Waals surface area (Å²) in [6.07, 6.45) is 0. The Morgan fingerprint density at radius 1 is 1.31 bits per heavy atom. The molecular formula is C17H17N5O2S2. The van der Waals surface area contributed by atoms with E-state index in [1.807, 2.05) is 42.8 Å². The van der Waals surface area contributed by atoms with E-state index in [4.69, 9.17) is 5.73 Å². The number of carbonyl (C=O) groups is 2. The summed E-state index contributed by atoms with van der Waals surface area (Å²) in [6, 6.07) is 9.59. The molecule has 0 aliphatic carbocycles. The van der Waals surface area contributed by atoms with Gasteiger partial charge in [-0.15, -0.1) is 21.5 Å². The minimum Gasteiger partial charge on any atom is -0.366 e. The Balaban J connectivity index is 1.66. The summed E-state index contributed by atoms with van der Waals surface area (Å²) in [5, 5.41) is 13.9. The summed E-state index contributed by atoms with van der Waals surface area (Å²) >= 11 is 2.54. The van der Waals surface area contributed by atoms with Gasteiger partial charge in [0.15, 0.2) is 11.0 Å². The van der Waals surface area contributed by atoms with Crippen molar-refractivity contribution >= 4 is 39.9 Å². The number of nitrogens with one attached hydrogen (secondary N) is 1. The van der Waals surface area contributed by atoms with E-state index in [9.17, 15) is 9.59 Å². The first kappa shape index (κ1) is 18.2. The molecule has 0 radical (unpaired) electrons. The maximum absolute atomic E-state index is 12.2. The van der Waals surface area contributed by atoms with Gasteiger partial charge in [-0.2, -0.15) is 0 Å². The zero-order valence-corrected chi connectivity index (χ0v) is 15.9. The Morgan fingerprint density at radius 2 is 2.12 bits per heavy atom. The Bertz CT molecular complexity index is 964. The summed E-state index contributed by atoms with van der Waals surface area (Å²) in [6.45, 7) is 2.02. The van der Waals surface area contributed by atoms with Crippen LogP contribution >= 0.6 is 23.1 Å². The highest BCUT2D eigenvalue weighted by molar-refractivity contribution is 7.99. The zero-order valence-electron chi connectivity index (χ0n) is 14.2. The molecule has 0 atom stereocenters. The number of aromatic nitrogens is 3. The molecule has 0 fully saturated rings. The average molecular weight is 387 g/mol. The molecule has 0 saturated carbocycles. The van der Waals surface area contributed by atoms with Crippen LogP contribution in [0.4, 0.5) is 5.00 Å². The average Bonchev–Trinajstić information content (AvgIpc) is 3.20. The molecule has 0 spiro atoms. The number of amides is 2. The third kappa shape index (κ3) is 3.94. The Kier molecular flexibility index (Phi) is 5.38. The van der Waals surface area contributed by atoms with Gasteiger partial charge in [0.2, 0.25) is 5.91 Å². The van der Waals surface area contributed by atoms with Crippen LogP contribution in [0.3, 0.4) is 0 Å².